The minimum Gasteiger partial charge on any atom is -0.477 e. The Labute approximate surface area is 109 Å². The normalized spacial score (nSPS) is 11.3. The van der Waals surface area contributed by atoms with E-state index in [1.807, 2.05) is 0 Å². The third kappa shape index (κ3) is 3.47. The van der Waals surface area contributed by atoms with Crippen molar-refractivity contribution >= 4 is 17.3 Å². The Kier molecular flexibility index (Phi) is 3.48. The highest BCUT2D eigenvalue weighted by Crippen LogP contribution is 2.29. The van der Waals surface area contributed by atoms with Gasteiger partial charge >= 0.3 is 12.3 Å². The topological polar surface area (TPSA) is 46.5 Å². The van der Waals surface area contributed by atoms with Crippen molar-refractivity contribution in [2.45, 2.75) is 6.36 Å². The predicted molar refractivity (Wildman–Crippen MR) is 63.4 cm³/mol. The minimum absolute atomic E-state index is 0.172. The Morgan fingerprint density at radius 2 is 1.79 bits per heavy atom. The van der Waals surface area contributed by atoms with Crippen LogP contribution >= 0.6 is 11.3 Å². The summed E-state index contributed by atoms with van der Waals surface area (Å²) in [6, 6.07) is 6.71. The number of aromatic carboxylic acids is 1. The summed E-state index contributed by atoms with van der Waals surface area (Å²) in [7, 11) is 0. The van der Waals surface area contributed by atoms with Crippen molar-refractivity contribution < 1.29 is 27.8 Å². The van der Waals surface area contributed by atoms with Gasteiger partial charge in [-0.2, -0.15) is 0 Å². The van der Waals surface area contributed by atoms with Crippen LogP contribution in [-0.2, 0) is 0 Å². The molecule has 0 unspecified atom stereocenters. The number of thiophene rings is 1. The summed E-state index contributed by atoms with van der Waals surface area (Å²) in [6.45, 7) is 0. The summed E-state index contributed by atoms with van der Waals surface area (Å²) in [5, 5.41) is 10.4. The first-order chi connectivity index (χ1) is 8.85. The molecule has 1 heterocycles. The molecule has 2 aromatic rings. The van der Waals surface area contributed by atoms with E-state index in [4.69, 9.17) is 5.11 Å². The molecule has 100 valence electrons. The number of carboxylic acid groups (broad SMARTS) is 1. The molecule has 0 aliphatic heterocycles. The van der Waals surface area contributed by atoms with Gasteiger partial charge in [-0.3, -0.25) is 0 Å². The highest BCUT2D eigenvalue weighted by molar-refractivity contribution is 7.12. The van der Waals surface area contributed by atoms with E-state index in [-0.39, 0.29) is 10.6 Å². The van der Waals surface area contributed by atoms with E-state index in [2.05, 4.69) is 4.74 Å². The van der Waals surface area contributed by atoms with Crippen LogP contribution in [0.1, 0.15) is 9.67 Å². The average molecular weight is 288 g/mol. The van der Waals surface area contributed by atoms with Crippen LogP contribution in [0.2, 0.25) is 0 Å². The lowest BCUT2D eigenvalue weighted by atomic mass is 10.1. The van der Waals surface area contributed by atoms with Crippen LogP contribution in [-0.4, -0.2) is 17.4 Å². The second kappa shape index (κ2) is 4.93. The maximum Gasteiger partial charge on any atom is 0.573 e. The minimum atomic E-state index is -4.72. The van der Waals surface area contributed by atoms with Crippen LogP contribution in [0, 0.1) is 0 Å². The lowest BCUT2D eigenvalue weighted by Gasteiger charge is -2.08. The lowest BCUT2D eigenvalue weighted by Crippen LogP contribution is -2.16. The Balaban J connectivity index is 2.20. The first-order valence-electron chi connectivity index (χ1n) is 5.03. The van der Waals surface area contributed by atoms with Gasteiger partial charge in [0.2, 0.25) is 0 Å². The van der Waals surface area contributed by atoms with E-state index in [1.165, 1.54) is 30.3 Å². The summed E-state index contributed by atoms with van der Waals surface area (Å²) in [5.41, 5.74) is 1.26. The smallest absolute Gasteiger partial charge is 0.477 e. The van der Waals surface area contributed by atoms with Crippen LogP contribution in [0.4, 0.5) is 13.2 Å². The average Bonchev–Trinajstić information content (AvgIpc) is 2.77. The van der Waals surface area contributed by atoms with Crippen molar-refractivity contribution in [2.24, 2.45) is 0 Å². The van der Waals surface area contributed by atoms with Gasteiger partial charge in [-0.25, -0.2) is 4.79 Å². The van der Waals surface area contributed by atoms with Crippen LogP contribution in [0.25, 0.3) is 11.1 Å². The Morgan fingerprint density at radius 3 is 2.26 bits per heavy atom. The summed E-state index contributed by atoms with van der Waals surface area (Å²) in [5.74, 6) is -1.35. The number of ether oxygens (including phenoxy) is 1. The van der Waals surface area contributed by atoms with Crippen molar-refractivity contribution in [2.75, 3.05) is 0 Å². The number of benzene rings is 1. The van der Waals surface area contributed by atoms with E-state index in [1.54, 1.807) is 5.38 Å². The third-order valence-electron chi connectivity index (χ3n) is 2.23. The first kappa shape index (κ1) is 13.4. The van der Waals surface area contributed by atoms with Crippen LogP contribution < -0.4 is 4.74 Å². The molecule has 0 bridgehead atoms. The van der Waals surface area contributed by atoms with Crippen molar-refractivity contribution in [3.63, 3.8) is 0 Å². The van der Waals surface area contributed by atoms with Gasteiger partial charge in [0.1, 0.15) is 10.6 Å². The lowest BCUT2D eigenvalue weighted by molar-refractivity contribution is -0.274. The number of halogens is 3. The number of hydrogen-bond donors (Lipinski definition) is 1. The van der Waals surface area contributed by atoms with E-state index in [9.17, 15) is 18.0 Å². The second-order valence-corrected chi connectivity index (χ2v) is 4.49. The molecule has 1 aromatic heterocycles. The number of alkyl halides is 3. The number of carbonyl (C=O) groups is 1. The molecule has 2 rings (SSSR count). The van der Waals surface area contributed by atoms with Gasteiger partial charge in [0, 0.05) is 0 Å². The van der Waals surface area contributed by atoms with Gasteiger partial charge < -0.3 is 9.84 Å². The Hall–Kier alpha value is -2.02. The van der Waals surface area contributed by atoms with Gasteiger partial charge in [-0.15, -0.1) is 24.5 Å². The van der Waals surface area contributed by atoms with Crippen molar-refractivity contribution in [3.8, 4) is 16.9 Å². The van der Waals surface area contributed by atoms with E-state index < -0.39 is 12.3 Å². The zero-order chi connectivity index (χ0) is 14.0. The maximum absolute atomic E-state index is 12.0. The zero-order valence-corrected chi connectivity index (χ0v) is 10.1. The van der Waals surface area contributed by atoms with Gasteiger partial charge in [-0.1, -0.05) is 12.1 Å². The van der Waals surface area contributed by atoms with E-state index in [0.29, 0.717) is 11.1 Å². The molecule has 0 fully saturated rings. The first-order valence-corrected chi connectivity index (χ1v) is 5.91. The molecule has 0 spiro atoms. The molecule has 0 amide bonds. The van der Waals surface area contributed by atoms with Crippen LogP contribution in [0.15, 0.2) is 35.7 Å². The molecule has 0 atom stereocenters. The molecular formula is C12H7F3O3S. The Morgan fingerprint density at radius 1 is 1.16 bits per heavy atom. The summed E-state index contributed by atoms with van der Waals surface area (Å²) in [6.07, 6.45) is -4.72. The number of hydrogen-bond acceptors (Lipinski definition) is 3. The highest BCUT2D eigenvalue weighted by atomic mass is 32.1. The molecule has 0 aliphatic rings. The SMILES string of the molecule is O=C(O)c1cc(-c2ccc(OC(F)(F)F)cc2)cs1. The molecule has 19 heavy (non-hydrogen) atoms. The highest BCUT2D eigenvalue weighted by Gasteiger charge is 2.30. The quantitative estimate of drug-likeness (QED) is 0.928. The summed E-state index contributed by atoms with van der Waals surface area (Å²) < 4.78 is 39.7. The monoisotopic (exact) mass is 288 g/mol. The fourth-order valence-corrected chi connectivity index (χ4v) is 2.20. The summed E-state index contributed by atoms with van der Waals surface area (Å²) >= 11 is 1.06. The molecule has 7 heteroatoms. The largest absolute Gasteiger partial charge is 0.573 e. The van der Waals surface area contributed by atoms with Gasteiger partial charge in [-0.05, 0) is 34.7 Å². The van der Waals surface area contributed by atoms with E-state index >= 15 is 0 Å². The van der Waals surface area contributed by atoms with Gasteiger partial charge in [0.25, 0.3) is 0 Å². The molecule has 0 aliphatic carbocycles. The Bertz CT molecular complexity index is 587. The molecule has 3 nitrogen and oxygen atoms in total. The third-order valence-corrected chi connectivity index (χ3v) is 3.15. The molecular weight excluding hydrogens is 281 g/mol. The molecule has 0 radical (unpaired) electrons. The number of rotatable bonds is 3. The van der Waals surface area contributed by atoms with Crippen molar-refractivity contribution in [1.82, 2.24) is 0 Å². The van der Waals surface area contributed by atoms with Crippen molar-refractivity contribution in [1.29, 1.82) is 0 Å². The van der Waals surface area contributed by atoms with E-state index in [0.717, 1.165) is 11.3 Å². The molecule has 1 aromatic carbocycles. The van der Waals surface area contributed by atoms with Crippen LogP contribution in [0.3, 0.4) is 0 Å². The summed E-state index contributed by atoms with van der Waals surface area (Å²) in [4.78, 5) is 10.9. The molecule has 0 saturated heterocycles. The van der Waals surface area contributed by atoms with Crippen LogP contribution in [0.5, 0.6) is 5.75 Å². The standard InChI is InChI=1S/C12H7F3O3S/c13-12(14,15)18-9-3-1-7(2-4-9)8-5-10(11(16)17)19-6-8/h1-6H,(H,16,17). The second-order valence-electron chi connectivity index (χ2n) is 3.58. The van der Waals surface area contributed by atoms with Crippen molar-refractivity contribution in [3.05, 3.63) is 40.6 Å². The predicted octanol–water partition coefficient (Wildman–Crippen LogP) is 4.01. The fourth-order valence-electron chi connectivity index (χ4n) is 1.45. The molecule has 0 saturated carbocycles. The zero-order valence-electron chi connectivity index (χ0n) is 9.27. The molecule has 1 N–H and O–H groups in total. The fraction of sp³-hybridized carbons (Fsp3) is 0.0833. The van der Waals surface area contributed by atoms with Gasteiger partial charge in [0.15, 0.2) is 0 Å². The maximum atomic E-state index is 12.0. The van der Waals surface area contributed by atoms with Gasteiger partial charge in [0.05, 0.1) is 0 Å². The number of carboxylic acids is 1.